The van der Waals surface area contributed by atoms with E-state index in [0.717, 1.165) is 9.15 Å². The maximum atomic E-state index is 13.9. The summed E-state index contributed by atoms with van der Waals surface area (Å²) < 4.78 is 48.5. The van der Waals surface area contributed by atoms with Crippen molar-refractivity contribution in [1.29, 1.82) is 0 Å². The van der Waals surface area contributed by atoms with E-state index in [0.29, 0.717) is 10.6 Å². The van der Waals surface area contributed by atoms with E-state index in [4.69, 9.17) is 27.9 Å². The Bertz CT molecular complexity index is 1200. The zero-order chi connectivity index (χ0) is 23.9. The number of methoxy groups -OCH3 is 1. The number of ether oxygens (including phenoxy) is 1. The molecule has 12 heteroatoms. The van der Waals surface area contributed by atoms with Crippen molar-refractivity contribution in [2.75, 3.05) is 17.7 Å². The first-order valence-corrected chi connectivity index (χ1v) is 11.1. The average Bonchev–Trinajstić information content (AvgIpc) is 3.10. The fraction of sp³-hybridized carbons (Fsp3) is 0.238. The summed E-state index contributed by atoms with van der Waals surface area (Å²) in [7, 11) is 1.39. The van der Waals surface area contributed by atoms with Crippen LogP contribution in [0, 0.1) is 0 Å². The number of hydrogen-bond acceptors (Lipinski definition) is 4. The minimum absolute atomic E-state index is 0.0774. The van der Waals surface area contributed by atoms with Crippen molar-refractivity contribution in [3.63, 3.8) is 0 Å². The summed E-state index contributed by atoms with van der Waals surface area (Å²) in [4.78, 5) is 12.9. The fourth-order valence-corrected chi connectivity index (χ4v) is 4.29. The quantitative estimate of drug-likeness (QED) is 0.363. The van der Waals surface area contributed by atoms with Gasteiger partial charge in [0.1, 0.15) is 16.6 Å². The van der Waals surface area contributed by atoms with Gasteiger partial charge in [-0.3, -0.25) is 4.79 Å². The number of hydrogen-bond donors (Lipinski definition) is 2. The number of alkyl halides is 3. The van der Waals surface area contributed by atoms with Crippen LogP contribution >= 0.6 is 39.1 Å². The summed E-state index contributed by atoms with van der Waals surface area (Å²) in [5.41, 5.74) is 0.566. The third-order valence-corrected chi connectivity index (χ3v) is 6.32. The number of nitrogens with one attached hydrogen (secondary N) is 2. The number of rotatable bonds is 4. The zero-order valence-corrected chi connectivity index (χ0v) is 20.0. The maximum Gasteiger partial charge on any atom is 0.410 e. The van der Waals surface area contributed by atoms with E-state index in [2.05, 4.69) is 31.7 Å². The lowest BCUT2D eigenvalue weighted by Gasteiger charge is -2.33. The van der Waals surface area contributed by atoms with Crippen LogP contribution in [-0.2, 0) is 0 Å². The fourth-order valence-electron chi connectivity index (χ4n) is 3.60. The van der Waals surface area contributed by atoms with Crippen molar-refractivity contribution in [2.45, 2.75) is 24.7 Å². The molecule has 0 aliphatic carbocycles. The second kappa shape index (κ2) is 9.08. The van der Waals surface area contributed by atoms with Crippen LogP contribution in [-0.4, -0.2) is 29.0 Å². The normalized spacial score (nSPS) is 17.8. The number of amides is 1. The zero-order valence-electron chi connectivity index (χ0n) is 16.9. The molecule has 1 aliphatic heterocycles. The van der Waals surface area contributed by atoms with Crippen LogP contribution in [0.25, 0.3) is 0 Å². The van der Waals surface area contributed by atoms with Crippen LogP contribution < -0.4 is 15.4 Å². The molecule has 0 unspecified atom stereocenters. The largest absolute Gasteiger partial charge is 0.495 e. The lowest BCUT2D eigenvalue weighted by Crippen LogP contribution is -2.35. The Kier molecular flexibility index (Phi) is 6.52. The van der Waals surface area contributed by atoms with Gasteiger partial charge in [0.15, 0.2) is 11.7 Å². The van der Waals surface area contributed by atoms with Gasteiger partial charge in [0, 0.05) is 22.0 Å². The molecule has 6 nitrogen and oxygen atoms in total. The molecule has 0 saturated heterocycles. The molecule has 1 aliphatic rings. The summed E-state index contributed by atoms with van der Waals surface area (Å²) in [6.07, 6.45) is -4.92. The highest BCUT2D eigenvalue weighted by molar-refractivity contribution is 9.10. The molecule has 174 valence electrons. The highest BCUT2D eigenvalue weighted by Crippen LogP contribution is 2.46. The Balaban J connectivity index is 1.70. The van der Waals surface area contributed by atoms with Gasteiger partial charge in [0.2, 0.25) is 0 Å². The van der Waals surface area contributed by atoms with Gasteiger partial charge in [-0.1, -0.05) is 51.3 Å². The molecule has 1 aromatic heterocycles. The molecule has 0 radical (unpaired) electrons. The number of fused-ring (bicyclic) bond motifs is 1. The lowest BCUT2D eigenvalue weighted by atomic mass is 9.97. The van der Waals surface area contributed by atoms with Gasteiger partial charge < -0.3 is 15.4 Å². The van der Waals surface area contributed by atoms with E-state index < -0.39 is 24.2 Å². The molecule has 0 fully saturated rings. The van der Waals surface area contributed by atoms with Crippen LogP contribution in [0.15, 0.2) is 46.9 Å². The summed E-state index contributed by atoms with van der Waals surface area (Å²) in [5.74, 6) is -0.589. The van der Waals surface area contributed by atoms with Crippen LogP contribution in [0.3, 0.4) is 0 Å². The van der Waals surface area contributed by atoms with Crippen molar-refractivity contribution in [3.05, 3.63) is 68.2 Å². The van der Waals surface area contributed by atoms with Crippen molar-refractivity contribution in [1.82, 2.24) is 9.78 Å². The number of anilines is 2. The Hall–Kier alpha value is -2.43. The van der Waals surface area contributed by atoms with E-state index in [1.165, 1.54) is 25.3 Å². The molecule has 2 heterocycles. The number of halogens is 6. The lowest BCUT2D eigenvalue weighted by molar-refractivity contribution is -0.173. The summed E-state index contributed by atoms with van der Waals surface area (Å²) >= 11 is 15.6. The minimum atomic E-state index is -4.60. The predicted octanol–water partition coefficient (Wildman–Crippen LogP) is 6.87. The first kappa shape index (κ1) is 23.7. The van der Waals surface area contributed by atoms with Crippen LogP contribution in [0.2, 0.25) is 10.0 Å². The van der Waals surface area contributed by atoms with Crippen molar-refractivity contribution < 1.29 is 22.7 Å². The average molecular weight is 564 g/mol. The molecular formula is C21H16BrCl2F3N4O2. The third-order valence-electron chi connectivity index (χ3n) is 5.19. The van der Waals surface area contributed by atoms with E-state index in [1.807, 2.05) is 0 Å². The number of nitrogens with zero attached hydrogens (tertiary/aromatic N) is 2. The van der Waals surface area contributed by atoms with Crippen LogP contribution in [0.5, 0.6) is 5.75 Å². The Morgan fingerprint density at radius 3 is 2.58 bits per heavy atom. The first-order chi connectivity index (χ1) is 15.6. The smallest absolute Gasteiger partial charge is 0.410 e. The number of carbonyl (C=O) groups excluding carboxylic acids is 1. The van der Waals surface area contributed by atoms with E-state index in [9.17, 15) is 18.0 Å². The predicted molar refractivity (Wildman–Crippen MR) is 123 cm³/mol. The van der Waals surface area contributed by atoms with E-state index in [1.54, 1.807) is 24.3 Å². The standard InChI is InChI=1S/C21H16BrCl2F3N4O2/c1-33-15-8-12(23)6-7-13(15)29-20(32)18-17(24)19-28-14(10-2-4-11(22)5-3-10)9-16(21(25,26)27)31(19)30-18/h2-8,14,16,28H,9H2,1H3,(H,29,32)/t14-,16-/m1/s1. The SMILES string of the molecule is COc1cc(Cl)ccc1NC(=O)c1nn2c(c1Cl)N[C@@H](c1ccc(Br)cc1)C[C@@H]2C(F)(F)F. The summed E-state index contributed by atoms with van der Waals surface area (Å²) in [5, 5.41) is 9.66. The van der Waals surface area contributed by atoms with Crippen LogP contribution in [0.4, 0.5) is 24.7 Å². The van der Waals surface area contributed by atoms with Crippen molar-refractivity contribution in [2.24, 2.45) is 0 Å². The maximum absolute atomic E-state index is 13.9. The second-order valence-corrected chi connectivity index (χ2v) is 9.03. The molecule has 4 rings (SSSR count). The Morgan fingerprint density at radius 1 is 1.24 bits per heavy atom. The Labute approximate surface area is 205 Å². The molecule has 3 aromatic rings. The molecule has 0 saturated carbocycles. The summed E-state index contributed by atoms with van der Waals surface area (Å²) in [6, 6.07) is 8.79. The van der Waals surface area contributed by atoms with Gasteiger partial charge in [0.25, 0.3) is 5.91 Å². The molecule has 2 N–H and O–H groups in total. The van der Waals surface area contributed by atoms with Crippen molar-refractivity contribution in [3.8, 4) is 5.75 Å². The second-order valence-electron chi connectivity index (χ2n) is 7.30. The topological polar surface area (TPSA) is 68.2 Å². The van der Waals surface area contributed by atoms with Gasteiger partial charge in [-0.2, -0.15) is 18.3 Å². The van der Waals surface area contributed by atoms with Gasteiger partial charge in [-0.15, -0.1) is 0 Å². The van der Waals surface area contributed by atoms with Crippen LogP contribution in [0.1, 0.15) is 34.6 Å². The molecule has 0 spiro atoms. The highest BCUT2D eigenvalue weighted by Gasteiger charge is 2.47. The van der Waals surface area contributed by atoms with Gasteiger partial charge >= 0.3 is 6.18 Å². The number of aromatic nitrogens is 2. The first-order valence-electron chi connectivity index (χ1n) is 9.60. The highest BCUT2D eigenvalue weighted by atomic mass is 79.9. The molecule has 2 aromatic carbocycles. The number of benzene rings is 2. The number of carbonyl (C=O) groups is 1. The molecule has 33 heavy (non-hydrogen) atoms. The Morgan fingerprint density at radius 2 is 1.94 bits per heavy atom. The van der Waals surface area contributed by atoms with E-state index >= 15 is 0 Å². The molecule has 0 bridgehead atoms. The third kappa shape index (κ3) is 4.78. The molecule has 2 atom stereocenters. The molecular weight excluding hydrogens is 548 g/mol. The monoisotopic (exact) mass is 562 g/mol. The van der Waals surface area contributed by atoms with Gasteiger partial charge in [-0.05, 0) is 29.8 Å². The molecule has 1 amide bonds. The summed E-state index contributed by atoms with van der Waals surface area (Å²) in [6.45, 7) is 0. The van der Waals surface area contributed by atoms with Gasteiger partial charge in [-0.25, -0.2) is 4.68 Å². The van der Waals surface area contributed by atoms with E-state index in [-0.39, 0.29) is 34.4 Å². The van der Waals surface area contributed by atoms with Crippen molar-refractivity contribution >= 4 is 56.5 Å². The minimum Gasteiger partial charge on any atom is -0.495 e. The van der Waals surface area contributed by atoms with Gasteiger partial charge in [0.05, 0.1) is 18.8 Å².